The molecule has 0 fully saturated rings. The minimum absolute atomic E-state index is 0.0933. The third-order valence-electron chi connectivity index (χ3n) is 5.24. The number of nitrogens with zero attached hydrogens (tertiary/aromatic N) is 1. The van der Waals surface area contributed by atoms with Crippen molar-refractivity contribution in [2.24, 2.45) is 0 Å². The van der Waals surface area contributed by atoms with Crippen molar-refractivity contribution in [3.05, 3.63) is 44.7 Å². The Balaban J connectivity index is 2.12. The van der Waals surface area contributed by atoms with Crippen molar-refractivity contribution in [2.45, 2.75) is 53.4 Å². The summed E-state index contributed by atoms with van der Waals surface area (Å²) in [5.74, 6) is -0.0412. The summed E-state index contributed by atoms with van der Waals surface area (Å²) in [7, 11) is 0. The first kappa shape index (κ1) is 20.3. The van der Waals surface area contributed by atoms with Crippen LogP contribution in [-0.4, -0.2) is 16.2 Å². The normalized spacial score (nSPS) is 11.6. The molecule has 0 atom stereocenters. The fourth-order valence-corrected chi connectivity index (χ4v) is 4.79. The average Bonchev–Trinajstić information content (AvgIpc) is 3.26. The van der Waals surface area contributed by atoms with Gasteiger partial charge in [-0.1, -0.05) is 27.2 Å². The first-order valence-electron chi connectivity index (χ1n) is 10.2. The number of hydrogen-bond acceptors (Lipinski definition) is 6. The topological polar surface area (TPSA) is 78.0 Å². The number of carbonyl (C=O) groups excluding carboxylic acids is 2. The van der Waals surface area contributed by atoms with Crippen molar-refractivity contribution < 1.29 is 18.7 Å². The highest BCUT2D eigenvalue weighted by Gasteiger charge is 2.25. The Morgan fingerprint density at radius 1 is 1.17 bits per heavy atom. The lowest BCUT2D eigenvalue weighted by molar-refractivity contribution is -0.134. The summed E-state index contributed by atoms with van der Waals surface area (Å²) < 4.78 is 13.5. The molecule has 3 aromatic heterocycles. The lowest BCUT2D eigenvalue weighted by atomic mass is 10.0. The van der Waals surface area contributed by atoms with E-state index in [4.69, 9.17) is 9.15 Å². The van der Waals surface area contributed by atoms with Crippen LogP contribution in [0, 0.1) is 6.92 Å². The van der Waals surface area contributed by atoms with Crippen LogP contribution in [0.15, 0.2) is 26.7 Å². The Hall–Kier alpha value is -2.93. The highest BCUT2D eigenvalue weighted by Crippen LogP contribution is 2.35. The lowest BCUT2D eigenvalue weighted by Crippen LogP contribution is -2.09. The fraction of sp³-hybridized carbons (Fsp3) is 0.348. The van der Waals surface area contributed by atoms with Gasteiger partial charge >= 0.3 is 5.97 Å². The Bertz CT molecular complexity index is 1370. The van der Waals surface area contributed by atoms with E-state index in [9.17, 15) is 14.4 Å². The van der Waals surface area contributed by atoms with Crippen molar-refractivity contribution in [1.29, 1.82) is 0 Å². The van der Waals surface area contributed by atoms with Gasteiger partial charge in [0.2, 0.25) is 5.43 Å². The zero-order valence-electron chi connectivity index (χ0n) is 17.5. The highest BCUT2D eigenvalue weighted by atomic mass is 32.1. The van der Waals surface area contributed by atoms with Gasteiger partial charge in [0.1, 0.15) is 27.2 Å². The Morgan fingerprint density at radius 2 is 1.93 bits per heavy atom. The zero-order chi connectivity index (χ0) is 21.6. The van der Waals surface area contributed by atoms with Gasteiger partial charge in [-0.05, 0) is 25.0 Å². The summed E-state index contributed by atoms with van der Waals surface area (Å²) in [4.78, 5) is 38.8. The zero-order valence-corrected chi connectivity index (χ0v) is 18.3. The Labute approximate surface area is 177 Å². The predicted molar refractivity (Wildman–Crippen MR) is 118 cm³/mol. The van der Waals surface area contributed by atoms with Crippen LogP contribution in [0.4, 0.5) is 0 Å². The van der Waals surface area contributed by atoms with E-state index >= 15 is 0 Å². The minimum Gasteiger partial charge on any atom is -0.453 e. The molecule has 0 aliphatic rings. The van der Waals surface area contributed by atoms with Crippen LogP contribution >= 0.6 is 11.3 Å². The summed E-state index contributed by atoms with van der Waals surface area (Å²) in [5.41, 5.74) is 2.50. The Morgan fingerprint density at radius 3 is 2.60 bits per heavy atom. The largest absolute Gasteiger partial charge is 0.453 e. The summed E-state index contributed by atoms with van der Waals surface area (Å²) in [6, 6.07) is 3.36. The van der Waals surface area contributed by atoms with Gasteiger partial charge in [0.05, 0.1) is 5.39 Å². The van der Waals surface area contributed by atoms with Crippen LogP contribution in [0.25, 0.3) is 26.8 Å². The summed E-state index contributed by atoms with van der Waals surface area (Å²) in [5, 5.41) is 2.79. The molecular formula is C23H23NO5S. The molecule has 0 saturated carbocycles. The van der Waals surface area contributed by atoms with E-state index in [2.05, 4.69) is 0 Å². The number of carbonyl (C=O) groups is 2. The minimum atomic E-state index is -0.350. The molecule has 0 bridgehead atoms. The van der Waals surface area contributed by atoms with Gasteiger partial charge in [0.15, 0.2) is 11.4 Å². The van der Waals surface area contributed by atoms with E-state index in [-0.39, 0.29) is 23.6 Å². The fourth-order valence-electron chi connectivity index (χ4n) is 3.76. The quantitative estimate of drug-likeness (QED) is 0.234. The molecule has 0 saturated heterocycles. The van der Waals surface area contributed by atoms with E-state index in [1.165, 1.54) is 11.3 Å². The standard InChI is InChI=1S/C23H23NO5S/c1-5-8-13-9-14-17(10-16(13)28-18(26)7-3)29-22-19(21(14)27)23-24(12(4)11-30-23)20(22)15(25)6-2/h9-11H,5-8H2,1-4H3. The van der Waals surface area contributed by atoms with Gasteiger partial charge < -0.3 is 9.15 Å². The molecule has 4 rings (SSSR count). The van der Waals surface area contributed by atoms with E-state index in [1.807, 2.05) is 23.6 Å². The number of benzene rings is 1. The van der Waals surface area contributed by atoms with Gasteiger partial charge in [0.25, 0.3) is 0 Å². The summed E-state index contributed by atoms with van der Waals surface area (Å²) in [6.07, 6.45) is 2.05. The lowest BCUT2D eigenvalue weighted by Gasteiger charge is -2.10. The van der Waals surface area contributed by atoms with Crippen molar-refractivity contribution in [2.75, 3.05) is 0 Å². The van der Waals surface area contributed by atoms with Crippen molar-refractivity contribution in [1.82, 2.24) is 4.40 Å². The molecule has 0 unspecified atom stereocenters. The van der Waals surface area contributed by atoms with Crippen LogP contribution in [0.3, 0.4) is 0 Å². The molecule has 0 radical (unpaired) electrons. The number of ketones is 1. The molecule has 0 amide bonds. The smallest absolute Gasteiger partial charge is 0.310 e. The molecular weight excluding hydrogens is 402 g/mol. The van der Waals surface area contributed by atoms with E-state index < -0.39 is 0 Å². The summed E-state index contributed by atoms with van der Waals surface area (Å²) >= 11 is 1.43. The number of thiazole rings is 1. The monoisotopic (exact) mass is 425 g/mol. The first-order chi connectivity index (χ1) is 14.4. The molecule has 0 spiro atoms. The maximum atomic E-state index is 13.5. The molecule has 30 heavy (non-hydrogen) atoms. The van der Waals surface area contributed by atoms with E-state index in [0.717, 1.165) is 17.7 Å². The molecule has 1 aromatic carbocycles. The molecule has 0 N–H and O–H groups in total. The molecule has 0 aliphatic heterocycles. The number of hydrogen-bond donors (Lipinski definition) is 0. The number of Topliss-reactive ketones (excluding diaryl/α,β-unsaturated/α-hetero) is 1. The van der Waals surface area contributed by atoms with Gasteiger partial charge in [-0.15, -0.1) is 11.3 Å². The Kier molecular flexibility index (Phi) is 5.24. The van der Waals surface area contributed by atoms with Gasteiger partial charge in [-0.3, -0.25) is 18.8 Å². The predicted octanol–water partition coefficient (Wildman–Crippen LogP) is 5.43. The second-order valence-electron chi connectivity index (χ2n) is 7.31. The molecule has 0 aliphatic carbocycles. The van der Waals surface area contributed by atoms with E-state index in [1.54, 1.807) is 26.0 Å². The van der Waals surface area contributed by atoms with Crippen LogP contribution in [0.5, 0.6) is 5.75 Å². The first-order valence-corrected chi connectivity index (χ1v) is 11.0. The van der Waals surface area contributed by atoms with Gasteiger partial charge in [0, 0.05) is 30.0 Å². The SMILES string of the molecule is CCCc1cc2c(=O)c3c(oc2cc1OC(=O)CC)c(C(=O)CC)n1c(C)csc31. The van der Waals surface area contributed by atoms with Gasteiger partial charge in [-0.2, -0.15) is 0 Å². The molecule has 3 heterocycles. The molecule has 4 aromatic rings. The van der Waals surface area contributed by atoms with Crippen molar-refractivity contribution in [3.63, 3.8) is 0 Å². The van der Waals surface area contributed by atoms with Crippen molar-refractivity contribution >= 4 is 49.9 Å². The van der Waals surface area contributed by atoms with E-state index in [0.29, 0.717) is 51.1 Å². The molecule has 156 valence electrons. The summed E-state index contributed by atoms with van der Waals surface area (Å²) in [6.45, 7) is 7.44. The van der Waals surface area contributed by atoms with Gasteiger partial charge in [-0.25, -0.2) is 0 Å². The number of esters is 1. The van der Waals surface area contributed by atoms with Crippen LogP contribution in [0.1, 0.15) is 61.8 Å². The number of aryl methyl sites for hydroxylation is 2. The number of rotatable bonds is 6. The third-order valence-corrected chi connectivity index (χ3v) is 6.31. The molecule has 6 nitrogen and oxygen atoms in total. The third kappa shape index (κ3) is 3.04. The maximum absolute atomic E-state index is 13.5. The second-order valence-corrected chi connectivity index (χ2v) is 8.17. The average molecular weight is 426 g/mol. The maximum Gasteiger partial charge on any atom is 0.310 e. The van der Waals surface area contributed by atoms with Crippen molar-refractivity contribution in [3.8, 4) is 5.75 Å². The molecule has 7 heteroatoms. The second kappa shape index (κ2) is 7.72. The van der Waals surface area contributed by atoms with Crippen LogP contribution in [-0.2, 0) is 11.2 Å². The number of fused-ring (bicyclic) bond motifs is 4. The highest BCUT2D eigenvalue weighted by molar-refractivity contribution is 7.16. The van der Waals surface area contributed by atoms with Crippen LogP contribution < -0.4 is 10.2 Å². The van der Waals surface area contributed by atoms with Crippen LogP contribution in [0.2, 0.25) is 0 Å². The number of aromatic nitrogens is 1. The number of ether oxygens (including phenoxy) is 1.